The third kappa shape index (κ3) is 3.39. The second-order valence-corrected chi connectivity index (χ2v) is 5.42. The number of aromatic nitrogens is 1. The van der Waals surface area contributed by atoms with Gasteiger partial charge in [0.15, 0.2) is 11.5 Å². The van der Waals surface area contributed by atoms with Crippen LogP contribution < -0.4 is 14.9 Å². The molecule has 4 N–H and O–H groups in total. The summed E-state index contributed by atoms with van der Waals surface area (Å²) in [5.41, 5.74) is 3.75. The molecule has 0 unspecified atom stereocenters. The number of methoxy groups -OCH3 is 2. The lowest BCUT2D eigenvalue weighted by Crippen LogP contribution is -2.17. The highest BCUT2D eigenvalue weighted by Gasteiger charge is 2.12. The first kappa shape index (κ1) is 17.2. The van der Waals surface area contributed by atoms with Gasteiger partial charge < -0.3 is 24.7 Å². The number of aromatic amines is 1. The van der Waals surface area contributed by atoms with Gasteiger partial charge in [-0.3, -0.25) is 4.79 Å². The molecule has 0 spiro atoms. The lowest BCUT2D eigenvalue weighted by molar-refractivity contribution is 0.0951. The predicted molar refractivity (Wildman–Crippen MR) is 96.2 cm³/mol. The average molecular weight is 355 g/mol. The van der Waals surface area contributed by atoms with Gasteiger partial charge in [0, 0.05) is 28.6 Å². The second-order valence-electron chi connectivity index (χ2n) is 5.42. The average Bonchev–Trinajstić information content (AvgIpc) is 3.05. The molecule has 0 fully saturated rings. The summed E-state index contributed by atoms with van der Waals surface area (Å²) in [4.78, 5) is 15.2. The normalized spacial score (nSPS) is 11.0. The van der Waals surface area contributed by atoms with Crippen molar-refractivity contribution in [1.82, 2.24) is 10.4 Å². The van der Waals surface area contributed by atoms with E-state index in [-0.39, 0.29) is 11.5 Å². The highest BCUT2D eigenvalue weighted by Crippen LogP contribution is 2.32. The van der Waals surface area contributed by atoms with Crippen LogP contribution in [0.4, 0.5) is 0 Å². The van der Waals surface area contributed by atoms with Crippen molar-refractivity contribution in [2.24, 2.45) is 5.10 Å². The number of hydrogen-bond donors (Lipinski definition) is 4. The molecule has 0 aliphatic heterocycles. The summed E-state index contributed by atoms with van der Waals surface area (Å²) in [6, 6.07) is 9.23. The Hall–Kier alpha value is -3.68. The number of carbonyl (C=O) groups is 1. The zero-order valence-corrected chi connectivity index (χ0v) is 14.1. The Morgan fingerprint density at radius 2 is 1.85 bits per heavy atom. The molecule has 0 atom stereocenters. The highest BCUT2D eigenvalue weighted by molar-refractivity contribution is 5.99. The van der Waals surface area contributed by atoms with E-state index in [0.717, 1.165) is 5.39 Å². The Bertz CT molecular complexity index is 953. The molecule has 1 aromatic heterocycles. The molecule has 3 rings (SSSR count). The molecule has 26 heavy (non-hydrogen) atoms. The number of ether oxygens (including phenoxy) is 2. The first-order chi connectivity index (χ1) is 12.5. The van der Waals surface area contributed by atoms with E-state index in [1.165, 1.54) is 38.6 Å². The summed E-state index contributed by atoms with van der Waals surface area (Å²) in [5, 5.41) is 23.5. The van der Waals surface area contributed by atoms with Gasteiger partial charge in [-0.25, -0.2) is 5.43 Å². The fraction of sp³-hybridized carbons (Fsp3) is 0.111. The monoisotopic (exact) mass is 355 g/mol. The van der Waals surface area contributed by atoms with Gasteiger partial charge in [0.05, 0.1) is 20.4 Å². The maximum atomic E-state index is 12.2. The maximum Gasteiger partial charge on any atom is 0.287 e. The summed E-state index contributed by atoms with van der Waals surface area (Å²) in [7, 11) is 3.07. The smallest absolute Gasteiger partial charge is 0.287 e. The van der Waals surface area contributed by atoms with E-state index in [4.69, 9.17) is 9.47 Å². The number of amides is 1. The van der Waals surface area contributed by atoms with E-state index in [2.05, 4.69) is 15.5 Å². The Kier molecular flexibility index (Phi) is 4.66. The van der Waals surface area contributed by atoms with Gasteiger partial charge >= 0.3 is 0 Å². The van der Waals surface area contributed by atoms with Crippen LogP contribution in [-0.2, 0) is 0 Å². The van der Waals surface area contributed by atoms with Gasteiger partial charge in [0.2, 0.25) is 0 Å². The first-order valence-corrected chi connectivity index (χ1v) is 7.62. The number of hydrazone groups is 1. The maximum absolute atomic E-state index is 12.2. The summed E-state index contributed by atoms with van der Waals surface area (Å²) < 4.78 is 10.5. The summed E-state index contributed by atoms with van der Waals surface area (Å²) in [6.07, 6.45) is 1.28. The van der Waals surface area contributed by atoms with Crippen molar-refractivity contribution in [3.63, 3.8) is 0 Å². The first-order valence-electron chi connectivity index (χ1n) is 7.62. The van der Waals surface area contributed by atoms with Crippen molar-refractivity contribution >= 4 is 23.0 Å². The van der Waals surface area contributed by atoms with Gasteiger partial charge in [-0.1, -0.05) is 0 Å². The number of benzene rings is 2. The Morgan fingerprint density at radius 1 is 1.12 bits per heavy atom. The van der Waals surface area contributed by atoms with Crippen molar-refractivity contribution in [2.45, 2.75) is 0 Å². The number of phenols is 2. The quantitative estimate of drug-likeness (QED) is 0.414. The van der Waals surface area contributed by atoms with Crippen molar-refractivity contribution in [2.75, 3.05) is 14.2 Å². The standard InChI is InChI=1S/C18H17N3O5/c1-25-16-6-11-5-14(20-13(11)8-17(16)26-2)18(24)21-19-9-10-3-4-12(22)7-15(10)23/h3-9,20,22-23H,1-2H3,(H,21,24)/b19-9+. The van der Waals surface area contributed by atoms with E-state index in [1.54, 1.807) is 18.2 Å². The highest BCUT2D eigenvalue weighted by atomic mass is 16.5. The van der Waals surface area contributed by atoms with Crippen LogP contribution in [-0.4, -0.2) is 41.5 Å². The second kappa shape index (κ2) is 7.06. The molecule has 134 valence electrons. The number of rotatable bonds is 5. The van der Waals surface area contributed by atoms with Crippen LogP contribution in [0.25, 0.3) is 10.9 Å². The largest absolute Gasteiger partial charge is 0.508 e. The van der Waals surface area contributed by atoms with Crippen molar-refractivity contribution < 1.29 is 24.5 Å². The lowest BCUT2D eigenvalue weighted by atomic mass is 10.2. The van der Waals surface area contributed by atoms with Gasteiger partial charge in [-0.15, -0.1) is 0 Å². The molecule has 8 heteroatoms. The van der Waals surface area contributed by atoms with Crippen LogP contribution in [0, 0.1) is 0 Å². The van der Waals surface area contributed by atoms with Crippen LogP contribution in [0.5, 0.6) is 23.0 Å². The number of H-pyrrole nitrogens is 1. The molecule has 0 bridgehead atoms. The fourth-order valence-electron chi connectivity index (χ4n) is 2.44. The van der Waals surface area contributed by atoms with Gasteiger partial charge in [0.25, 0.3) is 5.91 Å². The van der Waals surface area contributed by atoms with E-state index in [0.29, 0.717) is 28.3 Å². The molecular formula is C18H17N3O5. The SMILES string of the molecule is COc1cc2cc(C(=O)N/N=C/c3ccc(O)cc3O)[nH]c2cc1OC. The number of hydrogen-bond acceptors (Lipinski definition) is 6. The number of nitrogens with one attached hydrogen (secondary N) is 2. The number of fused-ring (bicyclic) bond motifs is 1. The molecule has 0 saturated carbocycles. The topological polar surface area (TPSA) is 116 Å². The van der Waals surface area contributed by atoms with Crippen molar-refractivity contribution in [3.05, 3.63) is 47.7 Å². The van der Waals surface area contributed by atoms with Crippen LogP contribution >= 0.6 is 0 Å². The summed E-state index contributed by atoms with van der Waals surface area (Å²) in [5.74, 6) is 0.454. The van der Waals surface area contributed by atoms with E-state index in [1.807, 2.05) is 0 Å². The number of nitrogens with zero attached hydrogens (tertiary/aromatic N) is 1. The lowest BCUT2D eigenvalue weighted by Gasteiger charge is -2.06. The molecule has 0 aliphatic carbocycles. The minimum Gasteiger partial charge on any atom is -0.508 e. The van der Waals surface area contributed by atoms with E-state index < -0.39 is 5.91 Å². The van der Waals surface area contributed by atoms with Crippen molar-refractivity contribution in [1.29, 1.82) is 0 Å². The molecule has 1 amide bonds. The van der Waals surface area contributed by atoms with Gasteiger partial charge in [0.1, 0.15) is 17.2 Å². The Balaban J connectivity index is 1.78. The van der Waals surface area contributed by atoms with Crippen LogP contribution in [0.15, 0.2) is 41.5 Å². The molecular weight excluding hydrogens is 338 g/mol. The zero-order valence-electron chi connectivity index (χ0n) is 14.1. The van der Waals surface area contributed by atoms with E-state index in [9.17, 15) is 15.0 Å². The van der Waals surface area contributed by atoms with Crippen LogP contribution in [0.3, 0.4) is 0 Å². The Morgan fingerprint density at radius 3 is 2.54 bits per heavy atom. The fourth-order valence-corrected chi connectivity index (χ4v) is 2.44. The number of aromatic hydroxyl groups is 2. The molecule has 3 aromatic rings. The third-order valence-electron chi connectivity index (χ3n) is 3.75. The third-order valence-corrected chi connectivity index (χ3v) is 3.75. The number of phenolic OH excluding ortho intramolecular Hbond substituents is 2. The van der Waals surface area contributed by atoms with Crippen molar-refractivity contribution in [3.8, 4) is 23.0 Å². The molecule has 2 aromatic carbocycles. The van der Waals surface area contributed by atoms with Crippen LogP contribution in [0.2, 0.25) is 0 Å². The predicted octanol–water partition coefficient (Wildman–Crippen LogP) is 2.36. The summed E-state index contributed by atoms with van der Waals surface area (Å²) >= 11 is 0. The molecule has 0 radical (unpaired) electrons. The molecule has 1 heterocycles. The minimum atomic E-state index is -0.450. The Labute approximate surface area is 148 Å². The summed E-state index contributed by atoms with van der Waals surface area (Å²) in [6.45, 7) is 0. The van der Waals surface area contributed by atoms with E-state index >= 15 is 0 Å². The zero-order chi connectivity index (χ0) is 18.7. The number of carbonyl (C=O) groups excluding carboxylic acids is 1. The van der Waals surface area contributed by atoms with Gasteiger partial charge in [-0.05, 0) is 24.3 Å². The minimum absolute atomic E-state index is 0.0624. The van der Waals surface area contributed by atoms with Gasteiger partial charge in [-0.2, -0.15) is 5.10 Å². The molecule has 8 nitrogen and oxygen atoms in total. The van der Waals surface area contributed by atoms with Crippen LogP contribution in [0.1, 0.15) is 16.1 Å². The molecule has 0 aliphatic rings. The molecule has 0 saturated heterocycles.